The van der Waals surface area contributed by atoms with Gasteiger partial charge in [-0.05, 0) is 19.5 Å². The molecule has 0 bridgehead atoms. The minimum absolute atomic E-state index is 0.341. The fourth-order valence-electron chi connectivity index (χ4n) is 1.20. The lowest BCUT2D eigenvalue weighted by molar-refractivity contribution is 0.0186. The van der Waals surface area contributed by atoms with Crippen molar-refractivity contribution in [2.24, 2.45) is 0 Å². The van der Waals surface area contributed by atoms with Crippen molar-refractivity contribution in [2.75, 3.05) is 32.8 Å². The van der Waals surface area contributed by atoms with Crippen molar-refractivity contribution in [3.63, 3.8) is 0 Å². The van der Waals surface area contributed by atoms with Gasteiger partial charge in [0.1, 0.15) is 0 Å². The highest BCUT2D eigenvalue weighted by molar-refractivity contribution is 4.61. The first-order valence-corrected chi connectivity index (χ1v) is 5.22. The van der Waals surface area contributed by atoms with E-state index in [9.17, 15) is 5.11 Å². The summed E-state index contributed by atoms with van der Waals surface area (Å²) in [5.41, 5.74) is 0. The molecule has 0 amide bonds. The van der Waals surface area contributed by atoms with Crippen LogP contribution in [0.4, 0.5) is 0 Å². The molecular formula is C10H23NO2. The Labute approximate surface area is 81.7 Å². The van der Waals surface area contributed by atoms with Gasteiger partial charge in [-0.3, -0.25) is 0 Å². The van der Waals surface area contributed by atoms with Crippen LogP contribution in [0.15, 0.2) is 0 Å². The Morgan fingerprint density at radius 3 is 2.31 bits per heavy atom. The van der Waals surface area contributed by atoms with Crippen LogP contribution in [0.25, 0.3) is 0 Å². The predicted octanol–water partition coefficient (Wildman–Crippen LogP) is 1.12. The monoisotopic (exact) mass is 189 g/mol. The van der Waals surface area contributed by atoms with Crippen LogP contribution in [0.3, 0.4) is 0 Å². The van der Waals surface area contributed by atoms with Gasteiger partial charge < -0.3 is 14.7 Å². The summed E-state index contributed by atoms with van der Waals surface area (Å²) in [5, 5.41) is 9.54. The van der Waals surface area contributed by atoms with Crippen molar-refractivity contribution >= 4 is 0 Å². The second-order valence-electron chi connectivity index (χ2n) is 3.21. The molecule has 0 aromatic heterocycles. The van der Waals surface area contributed by atoms with E-state index in [4.69, 9.17) is 4.74 Å². The minimum Gasteiger partial charge on any atom is -0.389 e. The molecule has 0 aliphatic carbocycles. The molecule has 3 nitrogen and oxygen atoms in total. The maximum Gasteiger partial charge on any atom is 0.0900 e. The van der Waals surface area contributed by atoms with Crippen molar-refractivity contribution in [1.29, 1.82) is 0 Å². The number of rotatable bonds is 8. The van der Waals surface area contributed by atoms with Gasteiger partial charge in [-0.2, -0.15) is 0 Å². The zero-order chi connectivity index (χ0) is 10.1. The molecule has 0 fully saturated rings. The van der Waals surface area contributed by atoms with Crippen molar-refractivity contribution in [1.82, 2.24) is 4.90 Å². The van der Waals surface area contributed by atoms with E-state index >= 15 is 0 Å². The van der Waals surface area contributed by atoms with Gasteiger partial charge in [0.25, 0.3) is 0 Å². The summed E-state index contributed by atoms with van der Waals surface area (Å²) in [5.74, 6) is 0. The van der Waals surface area contributed by atoms with Crippen LogP contribution >= 0.6 is 0 Å². The highest BCUT2D eigenvalue weighted by Crippen LogP contribution is 1.93. The number of hydrogen-bond acceptors (Lipinski definition) is 3. The molecule has 80 valence electrons. The molecule has 3 heteroatoms. The van der Waals surface area contributed by atoms with Gasteiger partial charge in [-0.1, -0.05) is 20.8 Å². The summed E-state index contributed by atoms with van der Waals surface area (Å²) in [6.07, 6.45) is 0.671. The van der Waals surface area contributed by atoms with E-state index in [-0.39, 0.29) is 6.10 Å². The molecule has 0 radical (unpaired) electrons. The van der Waals surface area contributed by atoms with Gasteiger partial charge in [0.2, 0.25) is 0 Å². The molecule has 1 N–H and O–H groups in total. The molecule has 0 saturated heterocycles. The molecule has 0 heterocycles. The van der Waals surface area contributed by atoms with E-state index in [2.05, 4.69) is 25.7 Å². The Morgan fingerprint density at radius 1 is 1.23 bits per heavy atom. The maximum atomic E-state index is 9.54. The van der Waals surface area contributed by atoms with E-state index in [0.29, 0.717) is 6.61 Å². The average molecular weight is 189 g/mol. The summed E-state index contributed by atoms with van der Waals surface area (Å²) in [4.78, 5) is 2.19. The van der Waals surface area contributed by atoms with Gasteiger partial charge in [0.05, 0.1) is 12.7 Å². The van der Waals surface area contributed by atoms with Crippen LogP contribution in [0.5, 0.6) is 0 Å². The molecule has 1 unspecified atom stereocenters. The first kappa shape index (κ1) is 12.9. The van der Waals surface area contributed by atoms with Gasteiger partial charge in [0, 0.05) is 13.2 Å². The molecule has 0 aromatic rings. The lowest BCUT2D eigenvalue weighted by Gasteiger charge is -2.21. The fraction of sp³-hybridized carbons (Fsp3) is 1.00. The third-order valence-electron chi connectivity index (χ3n) is 2.02. The van der Waals surface area contributed by atoms with Crippen molar-refractivity contribution < 1.29 is 9.84 Å². The third kappa shape index (κ3) is 6.99. The molecule has 1 atom stereocenters. The third-order valence-corrected chi connectivity index (χ3v) is 2.02. The molecular weight excluding hydrogens is 166 g/mol. The zero-order valence-electron chi connectivity index (χ0n) is 9.12. The summed E-state index contributed by atoms with van der Waals surface area (Å²) in [6.45, 7) is 10.2. The first-order chi connectivity index (χ1) is 6.24. The second kappa shape index (κ2) is 8.48. The molecule has 0 aromatic carbocycles. The number of aliphatic hydroxyl groups is 1. The summed E-state index contributed by atoms with van der Waals surface area (Å²) in [7, 11) is 0. The van der Waals surface area contributed by atoms with Crippen molar-refractivity contribution in [3.05, 3.63) is 0 Å². The Morgan fingerprint density at radius 2 is 1.85 bits per heavy atom. The Balaban J connectivity index is 3.42. The number of nitrogens with zero attached hydrogens (tertiary/aromatic N) is 1. The van der Waals surface area contributed by atoms with Crippen LogP contribution in [-0.4, -0.2) is 49.0 Å². The number of likely N-dealkylation sites (N-methyl/N-ethyl adjacent to an activating group) is 1. The Kier molecular flexibility index (Phi) is 8.40. The molecule has 0 aliphatic rings. The normalized spacial score (nSPS) is 13.6. The van der Waals surface area contributed by atoms with Gasteiger partial charge >= 0.3 is 0 Å². The Hall–Kier alpha value is -0.120. The summed E-state index contributed by atoms with van der Waals surface area (Å²) < 4.78 is 5.26. The van der Waals surface area contributed by atoms with Crippen LogP contribution in [0.1, 0.15) is 27.2 Å². The van der Waals surface area contributed by atoms with E-state index in [1.807, 2.05) is 0 Å². The lowest BCUT2D eigenvalue weighted by atomic mass is 10.3. The highest BCUT2D eigenvalue weighted by atomic mass is 16.5. The molecule has 13 heavy (non-hydrogen) atoms. The standard InChI is InChI=1S/C10H23NO2/c1-4-7-13-9-10(12)8-11(5-2)6-3/h10,12H,4-9H2,1-3H3. The largest absolute Gasteiger partial charge is 0.389 e. The Bertz CT molecular complexity index is 105. The molecule has 0 aliphatic heterocycles. The van der Waals surface area contributed by atoms with Crippen molar-refractivity contribution in [3.8, 4) is 0 Å². The SMILES string of the molecule is CCCOCC(O)CN(CC)CC. The first-order valence-electron chi connectivity index (χ1n) is 5.22. The van der Waals surface area contributed by atoms with Gasteiger partial charge in [0.15, 0.2) is 0 Å². The number of hydrogen-bond donors (Lipinski definition) is 1. The van der Waals surface area contributed by atoms with Crippen LogP contribution < -0.4 is 0 Å². The van der Waals surface area contributed by atoms with E-state index in [1.165, 1.54) is 0 Å². The lowest BCUT2D eigenvalue weighted by Crippen LogP contribution is -2.34. The van der Waals surface area contributed by atoms with Crippen LogP contribution in [-0.2, 0) is 4.74 Å². The molecule has 0 rings (SSSR count). The second-order valence-corrected chi connectivity index (χ2v) is 3.21. The average Bonchev–Trinajstić information content (AvgIpc) is 2.14. The summed E-state index contributed by atoms with van der Waals surface area (Å²) in [6, 6.07) is 0. The van der Waals surface area contributed by atoms with Crippen LogP contribution in [0.2, 0.25) is 0 Å². The fourth-order valence-corrected chi connectivity index (χ4v) is 1.20. The van der Waals surface area contributed by atoms with E-state index in [1.54, 1.807) is 0 Å². The maximum absolute atomic E-state index is 9.54. The van der Waals surface area contributed by atoms with Gasteiger partial charge in [-0.25, -0.2) is 0 Å². The van der Waals surface area contributed by atoms with E-state index < -0.39 is 0 Å². The van der Waals surface area contributed by atoms with Crippen molar-refractivity contribution in [2.45, 2.75) is 33.3 Å². The molecule has 0 saturated carbocycles. The highest BCUT2D eigenvalue weighted by Gasteiger charge is 2.08. The van der Waals surface area contributed by atoms with Gasteiger partial charge in [-0.15, -0.1) is 0 Å². The number of ether oxygens (including phenoxy) is 1. The topological polar surface area (TPSA) is 32.7 Å². The summed E-state index contributed by atoms with van der Waals surface area (Å²) >= 11 is 0. The quantitative estimate of drug-likeness (QED) is 0.581. The number of aliphatic hydroxyl groups excluding tert-OH is 1. The van der Waals surface area contributed by atoms with E-state index in [0.717, 1.165) is 32.7 Å². The van der Waals surface area contributed by atoms with Crippen LogP contribution in [0, 0.1) is 0 Å². The molecule has 0 spiro atoms. The smallest absolute Gasteiger partial charge is 0.0900 e. The minimum atomic E-state index is -0.341. The predicted molar refractivity (Wildman–Crippen MR) is 54.9 cm³/mol. The zero-order valence-corrected chi connectivity index (χ0v) is 9.12.